The number of nitrogens with zero attached hydrogens (tertiary/aromatic N) is 2. The number of aromatic amines is 1. The molecule has 0 saturated heterocycles. The number of hydrogen-bond acceptors (Lipinski definition) is 4. The zero-order valence-corrected chi connectivity index (χ0v) is 7.43. The molecule has 1 aromatic heterocycles. The SMILES string of the molecule is CC(Cc1cc([N+](=O)[O-])[nH]n1)C(=O)O. The number of carbonyl (C=O) groups is 1. The highest BCUT2D eigenvalue weighted by atomic mass is 16.6. The van der Waals surface area contributed by atoms with Gasteiger partial charge in [0.05, 0.1) is 17.7 Å². The van der Waals surface area contributed by atoms with Gasteiger partial charge in [-0.1, -0.05) is 12.0 Å². The van der Waals surface area contributed by atoms with E-state index in [0.717, 1.165) is 0 Å². The molecule has 1 rings (SSSR count). The molecule has 1 aromatic rings. The number of rotatable bonds is 4. The van der Waals surface area contributed by atoms with Crippen LogP contribution in [0, 0.1) is 16.0 Å². The summed E-state index contributed by atoms with van der Waals surface area (Å²) in [6.07, 6.45) is 0.180. The zero-order valence-electron chi connectivity index (χ0n) is 7.43. The molecule has 76 valence electrons. The van der Waals surface area contributed by atoms with Crippen molar-refractivity contribution in [2.45, 2.75) is 13.3 Å². The number of carboxylic acids is 1. The summed E-state index contributed by atoms with van der Waals surface area (Å²) < 4.78 is 0. The summed E-state index contributed by atoms with van der Waals surface area (Å²) >= 11 is 0. The van der Waals surface area contributed by atoms with Gasteiger partial charge in [0.15, 0.2) is 0 Å². The minimum Gasteiger partial charge on any atom is -0.481 e. The Morgan fingerprint density at radius 3 is 2.93 bits per heavy atom. The van der Waals surface area contributed by atoms with Crippen molar-refractivity contribution in [1.82, 2.24) is 10.2 Å². The molecule has 1 unspecified atom stereocenters. The van der Waals surface area contributed by atoms with Crippen LogP contribution in [0.3, 0.4) is 0 Å². The summed E-state index contributed by atoms with van der Waals surface area (Å²) in [6.45, 7) is 1.52. The van der Waals surface area contributed by atoms with E-state index in [1.165, 1.54) is 13.0 Å². The minimum absolute atomic E-state index is 0.180. The topological polar surface area (TPSA) is 109 Å². The average Bonchev–Trinajstić information content (AvgIpc) is 2.52. The van der Waals surface area contributed by atoms with E-state index in [1.807, 2.05) is 0 Å². The van der Waals surface area contributed by atoms with E-state index in [9.17, 15) is 14.9 Å². The first kappa shape index (κ1) is 10.2. The van der Waals surface area contributed by atoms with Gasteiger partial charge in [0.2, 0.25) is 0 Å². The van der Waals surface area contributed by atoms with Crippen LogP contribution in [0.2, 0.25) is 0 Å². The van der Waals surface area contributed by atoms with Crippen LogP contribution in [-0.4, -0.2) is 26.2 Å². The number of nitrogens with one attached hydrogen (secondary N) is 1. The molecule has 0 spiro atoms. The second kappa shape index (κ2) is 3.86. The van der Waals surface area contributed by atoms with Gasteiger partial charge in [-0.15, -0.1) is 5.10 Å². The first-order chi connectivity index (χ1) is 6.50. The fourth-order valence-electron chi connectivity index (χ4n) is 0.951. The van der Waals surface area contributed by atoms with Gasteiger partial charge in [-0.25, -0.2) is 0 Å². The highest BCUT2D eigenvalue weighted by Gasteiger charge is 2.16. The van der Waals surface area contributed by atoms with Crippen LogP contribution < -0.4 is 0 Å². The fraction of sp³-hybridized carbons (Fsp3) is 0.429. The van der Waals surface area contributed by atoms with Crippen LogP contribution in [0.15, 0.2) is 6.07 Å². The van der Waals surface area contributed by atoms with Crippen LogP contribution in [0.1, 0.15) is 12.6 Å². The highest BCUT2D eigenvalue weighted by molar-refractivity contribution is 5.69. The molecule has 1 atom stereocenters. The van der Waals surface area contributed by atoms with Crippen molar-refractivity contribution in [3.05, 3.63) is 21.9 Å². The summed E-state index contributed by atoms with van der Waals surface area (Å²) in [5.41, 5.74) is 0.381. The van der Waals surface area contributed by atoms with E-state index >= 15 is 0 Å². The summed E-state index contributed by atoms with van der Waals surface area (Å²) in [6, 6.07) is 1.24. The average molecular weight is 199 g/mol. The molecule has 0 amide bonds. The predicted molar refractivity (Wildman–Crippen MR) is 45.7 cm³/mol. The molecule has 0 saturated carbocycles. The summed E-state index contributed by atoms with van der Waals surface area (Å²) in [4.78, 5) is 20.1. The summed E-state index contributed by atoms with van der Waals surface area (Å²) in [5, 5.41) is 24.7. The Hall–Kier alpha value is -1.92. The largest absolute Gasteiger partial charge is 0.481 e. The van der Waals surface area contributed by atoms with Crippen molar-refractivity contribution in [1.29, 1.82) is 0 Å². The monoisotopic (exact) mass is 199 g/mol. The lowest BCUT2D eigenvalue weighted by molar-refractivity contribution is -0.389. The maximum Gasteiger partial charge on any atom is 0.342 e. The van der Waals surface area contributed by atoms with Crippen LogP contribution in [-0.2, 0) is 11.2 Å². The van der Waals surface area contributed by atoms with E-state index in [4.69, 9.17) is 5.11 Å². The smallest absolute Gasteiger partial charge is 0.342 e. The first-order valence-electron chi connectivity index (χ1n) is 3.92. The molecule has 0 aliphatic heterocycles. The van der Waals surface area contributed by atoms with E-state index < -0.39 is 16.8 Å². The van der Waals surface area contributed by atoms with Crippen LogP contribution >= 0.6 is 0 Å². The van der Waals surface area contributed by atoms with Crippen molar-refractivity contribution < 1.29 is 14.8 Å². The Labute approximate surface area is 78.9 Å². The van der Waals surface area contributed by atoms with E-state index in [0.29, 0.717) is 5.69 Å². The Kier molecular flexibility index (Phi) is 2.80. The van der Waals surface area contributed by atoms with Gasteiger partial charge in [-0.05, 0) is 4.92 Å². The van der Waals surface area contributed by atoms with Crippen molar-refractivity contribution in [2.75, 3.05) is 0 Å². The van der Waals surface area contributed by atoms with Gasteiger partial charge in [0.25, 0.3) is 0 Å². The second-order valence-electron chi connectivity index (χ2n) is 2.95. The third kappa shape index (κ3) is 2.28. The standard InChI is InChI=1S/C7H9N3O4/c1-4(7(11)12)2-5-3-6(9-8-5)10(13)14/h3-4H,2H2,1H3,(H,8,9)(H,11,12). The Morgan fingerprint density at radius 1 is 1.86 bits per heavy atom. The molecular formula is C7H9N3O4. The van der Waals surface area contributed by atoms with Crippen LogP contribution in [0.25, 0.3) is 0 Å². The molecule has 14 heavy (non-hydrogen) atoms. The molecule has 7 heteroatoms. The fourth-order valence-corrected chi connectivity index (χ4v) is 0.951. The number of aliphatic carboxylic acids is 1. The molecule has 0 radical (unpaired) electrons. The Bertz CT molecular complexity index is 360. The van der Waals surface area contributed by atoms with Gasteiger partial charge >= 0.3 is 11.8 Å². The molecule has 7 nitrogen and oxygen atoms in total. The van der Waals surface area contributed by atoms with Gasteiger partial charge in [-0.2, -0.15) is 0 Å². The van der Waals surface area contributed by atoms with Crippen molar-refractivity contribution in [3.63, 3.8) is 0 Å². The Balaban J connectivity index is 2.69. The van der Waals surface area contributed by atoms with Crippen LogP contribution in [0.4, 0.5) is 5.82 Å². The van der Waals surface area contributed by atoms with Crippen LogP contribution in [0.5, 0.6) is 0 Å². The molecule has 0 bridgehead atoms. The zero-order chi connectivity index (χ0) is 10.7. The summed E-state index contributed by atoms with van der Waals surface area (Å²) in [7, 11) is 0. The van der Waals surface area contributed by atoms with Crippen molar-refractivity contribution >= 4 is 11.8 Å². The maximum absolute atomic E-state index is 10.5. The van der Waals surface area contributed by atoms with E-state index in [1.54, 1.807) is 0 Å². The molecule has 0 aliphatic carbocycles. The number of hydrogen-bond donors (Lipinski definition) is 2. The van der Waals surface area contributed by atoms with Gasteiger partial charge in [0, 0.05) is 6.42 Å². The predicted octanol–water partition coefficient (Wildman–Crippen LogP) is 0.581. The van der Waals surface area contributed by atoms with E-state index in [2.05, 4.69) is 10.2 Å². The van der Waals surface area contributed by atoms with Gasteiger partial charge in [-0.3, -0.25) is 4.79 Å². The third-order valence-electron chi connectivity index (χ3n) is 1.75. The first-order valence-corrected chi connectivity index (χ1v) is 3.92. The lowest BCUT2D eigenvalue weighted by Crippen LogP contribution is -2.12. The molecule has 2 N–H and O–H groups in total. The van der Waals surface area contributed by atoms with Gasteiger partial charge < -0.3 is 15.2 Å². The lowest BCUT2D eigenvalue weighted by atomic mass is 10.1. The normalized spacial score (nSPS) is 12.4. The minimum atomic E-state index is -0.948. The molecule has 0 aromatic carbocycles. The Morgan fingerprint density at radius 2 is 2.50 bits per heavy atom. The molecule has 1 heterocycles. The third-order valence-corrected chi connectivity index (χ3v) is 1.75. The summed E-state index contributed by atoms with van der Waals surface area (Å²) in [5.74, 6) is -1.77. The molecule has 0 fully saturated rings. The second-order valence-corrected chi connectivity index (χ2v) is 2.95. The lowest BCUT2D eigenvalue weighted by Gasteiger charge is -2.00. The quantitative estimate of drug-likeness (QED) is 0.544. The van der Waals surface area contributed by atoms with Crippen molar-refractivity contribution in [2.24, 2.45) is 5.92 Å². The van der Waals surface area contributed by atoms with Crippen molar-refractivity contribution in [3.8, 4) is 0 Å². The number of aromatic nitrogens is 2. The maximum atomic E-state index is 10.5. The van der Waals surface area contributed by atoms with Gasteiger partial charge in [0.1, 0.15) is 0 Å². The highest BCUT2D eigenvalue weighted by Crippen LogP contribution is 2.12. The van der Waals surface area contributed by atoms with E-state index in [-0.39, 0.29) is 12.2 Å². The molecule has 0 aliphatic rings. The molecular weight excluding hydrogens is 190 g/mol. The number of H-pyrrole nitrogens is 1. The number of carboxylic acid groups (broad SMARTS) is 1. The number of nitro groups is 1.